The maximum absolute atomic E-state index is 14.2. The number of anilines is 3. The second kappa shape index (κ2) is 29.5. The molecule has 4 aliphatic carbocycles. The van der Waals surface area contributed by atoms with E-state index in [9.17, 15) is 71.4 Å². The highest BCUT2D eigenvalue weighted by atomic mass is 32.2. The Bertz CT molecular complexity index is 4630. The van der Waals surface area contributed by atoms with Gasteiger partial charge in [-0.2, -0.15) is 13.5 Å². The maximum atomic E-state index is 14.2. The number of carboxylic acids is 2. The van der Waals surface area contributed by atoms with Crippen LogP contribution in [0.3, 0.4) is 0 Å². The van der Waals surface area contributed by atoms with Crippen LogP contribution in [0.1, 0.15) is 141 Å². The van der Waals surface area contributed by atoms with Crippen LogP contribution in [0.4, 0.5) is 21.4 Å². The van der Waals surface area contributed by atoms with Gasteiger partial charge >= 0.3 is 18.0 Å². The van der Waals surface area contributed by atoms with E-state index in [1.54, 1.807) is 18.3 Å². The van der Waals surface area contributed by atoms with Crippen LogP contribution in [0.5, 0.6) is 5.75 Å². The Morgan fingerprint density at radius 3 is 2.40 bits per heavy atom. The van der Waals surface area contributed by atoms with Crippen molar-refractivity contribution in [3.63, 3.8) is 0 Å². The van der Waals surface area contributed by atoms with Crippen molar-refractivity contribution in [3.8, 4) is 16.9 Å². The molecule has 3 aromatic heterocycles. The molecule has 6 aromatic rings. The minimum absolute atomic E-state index is 0.00334. The Morgan fingerprint density at radius 1 is 0.849 bits per heavy atom. The number of nitrogens with zero attached hydrogens (tertiary/aromatic N) is 7. The molecule has 13 rings (SSSR count). The number of para-hydroxylation sites is 1. The van der Waals surface area contributed by atoms with E-state index in [2.05, 4.69) is 40.1 Å². The highest BCUT2D eigenvalue weighted by Gasteiger charge is 2.84. The fourth-order valence-corrected chi connectivity index (χ4v) is 19.7. The summed E-state index contributed by atoms with van der Waals surface area (Å²) < 4.78 is 61.8. The lowest BCUT2D eigenvalue weighted by molar-refractivity contribution is -0.195. The second-order valence-electron chi connectivity index (χ2n) is 29.9. The predicted octanol–water partition coefficient (Wildman–Crippen LogP) is 7.41. The summed E-state index contributed by atoms with van der Waals surface area (Å²) in [6, 6.07) is 19.2. The summed E-state index contributed by atoms with van der Waals surface area (Å²) in [7, 11) is -3.47. The van der Waals surface area contributed by atoms with Crippen molar-refractivity contribution in [1.82, 2.24) is 40.2 Å². The van der Waals surface area contributed by atoms with E-state index in [1.807, 2.05) is 59.0 Å². The maximum Gasteiger partial charge on any atom is 0.408 e. The molecule has 1 spiro atoms. The van der Waals surface area contributed by atoms with E-state index in [-0.39, 0.29) is 120 Å². The van der Waals surface area contributed by atoms with Crippen LogP contribution in [0, 0.1) is 28.6 Å². The van der Waals surface area contributed by atoms with E-state index in [0.29, 0.717) is 79.4 Å². The zero-order valence-corrected chi connectivity index (χ0v) is 60.7. The van der Waals surface area contributed by atoms with Crippen molar-refractivity contribution in [2.75, 3.05) is 61.1 Å². The normalized spacial score (nSPS) is 25.0. The number of imide groups is 1. The molecule has 3 aliphatic heterocycles. The van der Waals surface area contributed by atoms with Crippen LogP contribution in [-0.4, -0.2) is 187 Å². The predicted molar refractivity (Wildman–Crippen MR) is 384 cm³/mol. The second-order valence-corrected chi connectivity index (χ2v) is 32.4. The molecule has 7 aliphatic rings. The number of aliphatic hydroxyl groups excluding tert-OH is 1. The molecule has 3 aromatic carbocycles. The third-order valence-electron chi connectivity index (χ3n) is 22.4. The summed E-state index contributed by atoms with van der Waals surface area (Å²) in [5, 5.41) is 46.9. The zero-order chi connectivity index (χ0) is 75.3. The van der Waals surface area contributed by atoms with Gasteiger partial charge in [-0.1, -0.05) is 61.9 Å². The Labute approximate surface area is 614 Å². The van der Waals surface area contributed by atoms with Crippen molar-refractivity contribution in [1.29, 1.82) is 0 Å². The van der Waals surface area contributed by atoms with Gasteiger partial charge in [-0.15, -0.1) is 0 Å². The Hall–Kier alpha value is -9.73. The Kier molecular flexibility index (Phi) is 20.8. The highest BCUT2D eigenvalue weighted by molar-refractivity contribution is 7.85. The number of unbranched alkanes of at least 4 members (excludes halogenated alkanes) is 2. The molecule has 8 N–H and O–H groups in total. The van der Waals surface area contributed by atoms with Crippen molar-refractivity contribution >= 4 is 102 Å². The molecule has 5 fully saturated rings. The van der Waals surface area contributed by atoms with Gasteiger partial charge in [-0.05, 0) is 146 Å². The molecule has 30 nitrogen and oxygen atoms in total. The number of hydrogen-bond donors (Lipinski definition) is 8. The van der Waals surface area contributed by atoms with E-state index >= 15 is 0 Å². The number of rotatable bonds is 30. The molecule has 9 atom stereocenters. The van der Waals surface area contributed by atoms with Gasteiger partial charge in [-0.25, -0.2) is 24.4 Å². The summed E-state index contributed by atoms with van der Waals surface area (Å²) in [5.74, 6) is -6.19. The number of nitrogens with one attached hydrogen (secondary N) is 4. The molecule has 0 radical (unpaired) electrons. The summed E-state index contributed by atoms with van der Waals surface area (Å²) in [4.78, 5) is 130. The van der Waals surface area contributed by atoms with Crippen LogP contribution in [0.2, 0.25) is 0 Å². The van der Waals surface area contributed by atoms with Gasteiger partial charge in [-0.3, -0.25) is 48.2 Å². The van der Waals surface area contributed by atoms with Gasteiger partial charge in [0.05, 0.1) is 40.4 Å². The SMILES string of the molecule is Cc1c(-c2ccc(N3CCc4cccc(C(=O)Nc5nc6ccccc6s5)c4C3)nc2C(=O)O)cnn1CC12CC3(OCCN(C)C(=O)[C@H](CS(=O)(=O)O)NC(=O)OCc4ccc(O[C@H]5C[C@@H](O)C[C@@H](C(=O)O)O5)c(NC(=O)CCNC(=O)CCCCCN5C(=O)C=CC5=O)c4)CC4(C)CC(C)(C1)C4(C2)C3. The number of pyridine rings is 1. The summed E-state index contributed by atoms with van der Waals surface area (Å²) in [6.45, 7) is 7.66. The molecule has 5 unspecified atom stereocenters. The quantitative estimate of drug-likeness (QED) is 0.0123. The number of alkyl carbamates (subject to hydrolysis) is 1. The first kappa shape index (κ1) is 74.5. The number of benzene rings is 3. The Balaban J connectivity index is 0.629. The third kappa shape index (κ3) is 15.5. The topological polar surface area (TPSA) is 407 Å². The number of fused-ring (bicyclic) bond motifs is 4. The molecule has 32 heteroatoms. The number of carbonyl (C=O) groups excluding carboxylic acids is 7. The lowest BCUT2D eigenvalue weighted by atomic mass is 9.40. The molecule has 562 valence electrons. The molecule has 106 heavy (non-hydrogen) atoms. The van der Waals surface area contributed by atoms with E-state index in [4.69, 9.17) is 29.0 Å². The van der Waals surface area contributed by atoms with Gasteiger partial charge in [0.1, 0.15) is 30.0 Å². The van der Waals surface area contributed by atoms with Gasteiger partial charge < -0.3 is 60.0 Å². The van der Waals surface area contributed by atoms with Crippen molar-refractivity contribution in [2.24, 2.45) is 21.7 Å². The molecule has 4 saturated carbocycles. The van der Waals surface area contributed by atoms with Crippen LogP contribution in [0.25, 0.3) is 21.3 Å². The molecule has 7 amide bonds. The number of aliphatic carboxylic acids is 1. The van der Waals surface area contributed by atoms with Crippen LogP contribution < -0.4 is 30.9 Å². The smallest absolute Gasteiger partial charge is 0.408 e. The molecular weight excluding hydrogens is 1410 g/mol. The van der Waals surface area contributed by atoms with Gasteiger partial charge in [0.2, 0.25) is 24.0 Å². The minimum Gasteiger partial charge on any atom is -0.479 e. The first-order chi connectivity index (χ1) is 50.4. The van der Waals surface area contributed by atoms with E-state index in [0.717, 1.165) is 64.0 Å². The van der Waals surface area contributed by atoms with Crippen molar-refractivity contribution < 1.29 is 90.4 Å². The van der Waals surface area contributed by atoms with Crippen molar-refractivity contribution in [3.05, 3.63) is 125 Å². The summed E-state index contributed by atoms with van der Waals surface area (Å²) >= 11 is 1.39. The van der Waals surface area contributed by atoms with Crippen LogP contribution in [0.15, 0.2) is 91.1 Å². The number of amides is 7. The lowest BCUT2D eigenvalue weighted by Crippen LogP contribution is -2.57. The fraction of sp³-hybridized carbons (Fsp3) is 0.486. The average molecular weight is 1500 g/mol. The number of carboxylic acid groups (broad SMARTS) is 2. The van der Waals surface area contributed by atoms with Gasteiger partial charge in [0.25, 0.3) is 27.8 Å². The highest BCUT2D eigenvalue weighted by Crippen LogP contribution is 2.90. The number of hydrogen-bond acceptors (Lipinski definition) is 21. The summed E-state index contributed by atoms with van der Waals surface area (Å²) in [6.07, 6.45) is 5.86. The Morgan fingerprint density at radius 2 is 1.63 bits per heavy atom. The van der Waals surface area contributed by atoms with Crippen LogP contribution in [-0.2, 0) is 79.2 Å². The van der Waals surface area contributed by atoms with Gasteiger partial charge in [0.15, 0.2) is 16.9 Å². The number of aromatic carboxylic acids is 1. The van der Waals surface area contributed by atoms with Gasteiger partial charge in [0, 0.05) is 107 Å². The average Bonchev–Trinajstić information content (AvgIpc) is 1.46. The molecule has 6 heterocycles. The number of likely N-dealkylation sites (N-methyl/N-ethyl adjacent to an activating group) is 1. The number of ether oxygens (including phenoxy) is 4. The first-order valence-corrected chi connectivity index (χ1v) is 37.9. The van der Waals surface area contributed by atoms with E-state index in [1.165, 1.54) is 53.6 Å². The number of aliphatic hydroxyl groups is 1. The summed E-state index contributed by atoms with van der Waals surface area (Å²) in [5.41, 5.74) is 4.06. The van der Waals surface area contributed by atoms with Crippen molar-refractivity contribution in [2.45, 2.75) is 160 Å². The molecule has 3 bridgehead atoms. The largest absolute Gasteiger partial charge is 0.479 e. The lowest BCUT2D eigenvalue weighted by Gasteiger charge is -2.64. The molecular formula is C74H85N11O19S2. The number of carbonyl (C=O) groups is 9. The van der Waals surface area contributed by atoms with E-state index < -0.39 is 82.5 Å². The number of thiazole rings is 1. The third-order valence-corrected chi connectivity index (χ3v) is 24.1. The monoisotopic (exact) mass is 1500 g/mol. The zero-order valence-electron chi connectivity index (χ0n) is 59.1. The fourth-order valence-electron chi connectivity index (χ4n) is 18.2. The first-order valence-electron chi connectivity index (χ1n) is 35.4. The standard InChI is InChI=1S/C74H85N11O19S2/c1-43-49(47-17-19-57(80-63(47)67(95)96)83-26-23-45-11-10-12-48(50(45)33-83)64(91)81-68-78-51-13-7-8-14-56(51)105-68)32-76-85(43)42-72-37-70(2)36-71(3)38-73(39-72,41-74(70,71)40-72)102-28-27-82(4)65(92)53(35-106(98,99)100)79-69(97)101-34-44-16-18-54(103-62-31-46(86)30-55(104-62)66(93)94)52(29-44)77-59(88)22-24-75-58(87)15-6-5-9-25-84-60(89)20-21-61(84)90/h7-8,10-14,16-21,29,32,46,53,55,62,86H,5-6,9,15,22-28,30-31,33-42H2,1-4H3,(H,75,87)(H,77,88)(H,79,97)(H,93,94)(H,95,96)(H,78,81,91)(H,98,99,100)/t46-,53-,55-,62+,70?,71?,72?,73?,74?/m0/s1. The van der Waals surface area contributed by atoms with Crippen LogP contribution >= 0.6 is 11.3 Å². The molecule has 1 saturated heterocycles. The minimum atomic E-state index is -4.89. The number of aromatic nitrogens is 4.